The molecule has 0 spiro atoms. The number of carbonyl (C=O) groups is 1. The normalized spacial score (nSPS) is 10.7. The van der Waals surface area contributed by atoms with Crippen molar-refractivity contribution in [2.75, 3.05) is 6.61 Å². The highest BCUT2D eigenvalue weighted by Gasteiger charge is 2.07. The van der Waals surface area contributed by atoms with E-state index in [-0.39, 0.29) is 5.97 Å². The van der Waals surface area contributed by atoms with Gasteiger partial charge in [-0.05, 0) is 37.5 Å². The third-order valence-electron chi connectivity index (χ3n) is 4.68. The lowest BCUT2D eigenvalue weighted by atomic mass is 10.1. The van der Waals surface area contributed by atoms with Crippen molar-refractivity contribution >= 4 is 5.97 Å². The van der Waals surface area contributed by atoms with Gasteiger partial charge in [-0.1, -0.05) is 64.0 Å². The van der Waals surface area contributed by atoms with Crippen LogP contribution in [-0.2, 0) is 11.2 Å². The van der Waals surface area contributed by atoms with E-state index in [9.17, 15) is 4.79 Å². The molecule has 0 bridgehead atoms. The average molecular weight is 369 g/mol. The summed E-state index contributed by atoms with van der Waals surface area (Å²) in [5.41, 5.74) is 2.64. The van der Waals surface area contributed by atoms with Gasteiger partial charge < -0.3 is 4.74 Å². The lowest BCUT2D eigenvalue weighted by Crippen LogP contribution is -2.04. The molecular formula is C23H32N2O2. The Morgan fingerprint density at radius 3 is 2.04 bits per heavy atom. The fourth-order valence-corrected chi connectivity index (χ4v) is 3.07. The molecule has 1 aromatic heterocycles. The molecule has 0 aliphatic rings. The second-order valence-corrected chi connectivity index (χ2v) is 6.94. The molecule has 1 heterocycles. The number of aromatic nitrogens is 2. The zero-order valence-electron chi connectivity index (χ0n) is 16.7. The third kappa shape index (κ3) is 7.49. The van der Waals surface area contributed by atoms with E-state index in [1.165, 1.54) is 56.9 Å². The van der Waals surface area contributed by atoms with Crippen LogP contribution in [0.1, 0.15) is 81.1 Å². The van der Waals surface area contributed by atoms with E-state index in [4.69, 9.17) is 4.74 Å². The smallest absolute Gasteiger partial charge is 0.338 e. The second-order valence-electron chi connectivity index (χ2n) is 6.94. The van der Waals surface area contributed by atoms with Crippen LogP contribution in [0.15, 0.2) is 36.7 Å². The summed E-state index contributed by atoms with van der Waals surface area (Å²) in [4.78, 5) is 20.7. The van der Waals surface area contributed by atoms with Crippen molar-refractivity contribution in [3.8, 4) is 11.4 Å². The van der Waals surface area contributed by atoms with Crippen LogP contribution in [0.5, 0.6) is 0 Å². The molecule has 27 heavy (non-hydrogen) atoms. The summed E-state index contributed by atoms with van der Waals surface area (Å²) in [5.74, 6) is 0.385. The molecule has 0 atom stereocenters. The van der Waals surface area contributed by atoms with Gasteiger partial charge >= 0.3 is 5.97 Å². The Morgan fingerprint density at radius 2 is 1.44 bits per heavy atom. The van der Waals surface area contributed by atoms with Crippen molar-refractivity contribution < 1.29 is 9.53 Å². The van der Waals surface area contributed by atoms with Crippen molar-refractivity contribution in [3.63, 3.8) is 0 Å². The van der Waals surface area contributed by atoms with Crippen LogP contribution in [0.2, 0.25) is 0 Å². The van der Waals surface area contributed by atoms with E-state index in [2.05, 4.69) is 16.9 Å². The van der Waals surface area contributed by atoms with Crippen molar-refractivity contribution in [3.05, 3.63) is 47.8 Å². The summed E-state index contributed by atoms with van der Waals surface area (Å²) in [7, 11) is 0. The molecule has 0 aliphatic heterocycles. The van der Waals surface area contributed by atoms with Gasteiger partial charge in [-0.3, -0.25) is 0 Å². The standard InChI is InChI=1S/C23H32N2O2/c1-3-5-6-7-8-9-10-11-12-19-17-24-22(25-18-19)20-13-15-21(16-14-20)23(26)27-4-2/h13-18H,3-12H2,1-2H3. The Bertz CT molecular complexity index is 666. The average Bonchev–Trinajstić information content (AvgIpc) is 2.71. The van der Waals surface area contributed by atoms with Crippen LogP contribution >= 0.6 is 0 Å². The van der Waals surface area contributed by atoms with Crippen LogP contribution in [-0.4, -0.2) is 22.5 Å². The van der Waals surface area contributed by atoms with Crippen LogP contribution < -0.4 is 0 Å². The van der Waals surface area contributed by atoms with Gasteiger partial charge in [0.15, 0.2) is 5.82 Å². The number of benzene rings is 1. The predicted octanol–water partition coefficient (Wildman–Crippen LogP) is 6.00. The molecule has 0 amide bonds. The molecule has 0 radical (unpaired) electrons. The molecule has 0 fully saturated rings. The van der Waals surface area contributed by atoms with E-state index < -0.39 is 0 Å². The van der Waals surface area contributed by atoms with Crippen LogP contribution in [0.4, 0.5) is 0 Å². The number of esters is 1. The summed E-state index contributed by atoms with van der Waals surface area (Å²) in [6, 6.07) is 7.23. The number of unbranched alkanes of at least 4 members (excludes halogenated alkanes) is 7. The maximum Gasteiger partial charge on any atom is 0.338 e. The Hall–Kier alpha value is -2.23. The number of hydrogen-bond donors (Lipinski definition) is 0. The van der Waals surface area contributed by atoms with Crippen molar-refractivity contribution in [1.29, 1.82) is 0 Å². The molecule has 4 heteroatoms. The predicted molar refractivity (Wildman–Crippen MR) is 110 cm³/mol. The fourth-order valence-electron chi connectivity index (χ4n) is 3.07. The minimum atomic E-state index is -0.300. The molecule has 146 valence electrons. The van der Waals surface area contributed by atoms with Gasteiger partial charge in [0.25, 0.3) is 0 Å². The first-order chi connectivity index (χ1) is 13.2. The number of carbonyl (C=O) groups excluding carboxylic acids is 1. The minimum absolute atomic E-state index is 0.300. The van der Waals surface area contributed by atoms with E-state index in [1.54, 1.807) is 19.1 Å². The van der Waals surface area contributed by atoms with Crippen LogP contribution in [0.3, 0.4) is 0 Å². The van der Waals surface area contributed by atoms with E-state index in [1.807, 2.05) is 24.5 Å². The topological polar surface area (TPSA) is 52.1 Å². The van der Waals surface area contributed by atoms with Gasteiger partial charge in [-0.15, -0.1) is 0 Å². The molecule has 0 saturated carbocycles. The first-order valence-electron chi connectivity index (χ1n) is 10.3. The first-order valence-corrected chi connectivity index (χ1v) is 10.3. The molecule has 1 aromatic carbocycles. The molecule has 2 aromatic rings. The van der Waals surface area contributed by atoms with E-state index in [0.717, 1.165) is 12.0 Å². The van der Waals surface area contributed by atoms with Crippen molar-refractivity contribution in [2.45, 2.75) is 71.6 Å². The molecule has 0 saturated heterocycles. The van der Waals surface area contributed by atoms with Gasteiger partial charge in [-0.25, -0.2) is 14.8 Å². The SMILES string of the molecule is CCCCCCCCCCc1cnc(-c2ccc(C(=O)OCC)cc2)nc1. The Balaban J connectivity index is 1.75. The molecule has 0 aliphatic carbocycles. The summed E-state index contributed by atoms with van der Waals surface area (Å²) in [6.45, 7) is 4.44. The number of nitrogens with zero attached hydrogens (tertiary/aromatic N) is 2. The van der Waals surface area contributed by atoms with E-state index in [0.29, 0.717) is 18.0 Å². The monoisotopic (exact) mass is 368 g/mol. The number of aryl methyl sites for hydroxylation is 1. The largest absolute Gasteiger partial charge is 0.462 e. The molecule has 2 rings (SSSR count). The number of ether oxygens (including phenoxy) is 1. The van der Waals surface area contributed by atoms with Crippen LogP contribution in [0.25, 0.3) is 11.4 Å². The van der Waals surface area contributed by atoms with E-state index >= 15 is 0 Å². The fraction of sp³-hybridized carbons (Fsp3) is 0.522. The quantitative estimate of drug-likeness (QED) is 0.340. The Labute approximate surface area is 163 Å². The van der Waals surface area contributed by atoms with Gasteiger partial charge in [-0.2, -0.15) is 0 Å². The van der Waals surface area contributed by atoms with Gasteiger partial charge in [0, 0.05) is 18.0 Å². The first kappa shape index (κ1) is 21.1. The highest BCUT2D eigenvalue weighted by molar-refractivity contribution is 5.89. The Kier molecular flexibility index (Phi) is 9.53. The zero-order chi connectivity index (χ0) is 19.3. The maximum absolute atomic E-state index is 11.7. The van der Waals surface area contributed by atoms with Crippen LogP contribution in [0, 0.1) is 0 Å². The van der Waals surface area contributed by atoms with Gasteiger partial charge in [0.2, 0.25) is 0 Å². The van der Waals surface area contributed by atoms with Crippen molar-refractivity contribution in [1.82, 2.24) is 9.97 Å². The summed E-state index contributed by atoms with van der Waals surface area (Å²) >= 11 is 0. The Morgan fingerprint density at radius 1 is 0.852 bits per heavy atom. The van der Waals surface area contributed by atoms with Gasteiger partial charge in [0.1, 0.15) is 0 Å². The number of hydrogen-bond acceptors (Lipinski definition) is 4. The van der Waals surface area contributed by atoms with Crippen molar-refractivity contribution in [2.24, 2.45) is 0 Å². The molecule has 0 N–H and O–H groups in total. The highest BCUT2D eigenvalue weighted by atomic mass is 16.5. The summed E-state index contributed by atoms with van der Waals surface area (Å²) in [6.07, 6.45) is 15.5. The molecule has 0 unspecified atom stereocenters. The molecule has 4 nitrogen and oxygen atoms in total. The molecular weight excluding hydrogens is 336 g/mol. The number of rotatable bonds is 12. The van der Waals surface area contributed by atoms with Gasteiger partial charge in [0.05, 0.1) is 12.2 Å². The zero-order valence-corrected chi connectivity index (χ0v) is 16.7. The highest BCUT2D eigenvalue weighted by Crippen LogP contribution is 2.17. The summed E-state index contributed by atoms with van der Waals surface area (Å²) in [5, 5.41) is 0. The summed E-state index contributed by atoms with van der Waals surface area (Å²) < 4.78 is 5.00. The third-order valence-corrected chi connectivity index (χ3v) is 4.68. The lowest BCUT2D eigenvalue weighted by Gasteiger charge is -2.05. The second kappa shape index (κ2) is 12.2. The maximum atomic E-state index is 11.7. The minimum Gasteiger partial charge on any atom is -0.462 e. The lowest BCUT2D eigenvalue weighted by molar-refractivity contribution is 0.0526.